The molecule has 0 aliphatic rings. The fraction of sp³-hybridized carbons (Fsp3) is 0.618. The van der Waals surface area contributed by atoms with E-state index in [1.807, 2.05) is 24.3 Å². The van der Waals surface area contributed by atoms with Crippen molar-refractivity contribution in [3.8, 4) is 5.75 Å². The van der Waals surface area contributed by atoms with Crippen LogP contribution in [-0.2, 0) is 9.53 Å². The average molecular weight is 524 g/mol. The van der Waals surface area contributed by atoms with Crippen LogP contribution in [0.1, 0.15) is 111 Å². The highest BCUT2D eigenvalue weighted by Crippen LogP contribution is 2.25. The van der Waals surface area contributed by atoms with Crippen molar-refractivity contribution in [2.75, 3.05) is 13.2 Å². The molecule has 0 heterocycles. The summed E-state index contributed by atoms with van der Waals surface area (Å²) in [5, 5.41) is 5.60. The van der Waals surface area contributed by atoms with Crippen LogP contribution in [0.3, 0.4) is 0 Å². The second kappa shape index (κ2) is 20.6. The van der Waals surface area contributed by atoms with E-state index < -0.39 is 0 Å². The Hall–Kier alpha value is -2.33. The zero-order valence-corrected chi connectivity index (χ0v) is 24.4. The van der Waals surface area contributed by atoms with Gasteiger partial charge in [0.1, 0.15) is 18.5 Å². The molecule has 1 unspecified atom stereocenters. The number of esters is 1. The number of fused-ring (bicyclic) bond motifs is 1. The summed E-state index contributed by atoms with van der Waals surface area (Å²) in [6, 6.07) is 14.5. The van der Waals surface area contributed by atoms with E-state index in [4.69, 9.17) is 9.47 Å². The van der Waals surface area contributed by atoms with E-state index in [1.165, 1.54) is 70.6 Å². The minimum absolute atomic E-state index is 0.125. The molecule has 0 aromatic heterocycles. The Kier molecular flexibility index (Phi) is 17.3. The molecule has 4 nitrogen and oxygen atoms in total. The Morgan fingerprint density at radius 1 is 0.816 bits per heavy atom. The van der Waals surface area contributed by atoms with Gasteiger partial charge in [-0.3, -0.25) is 4.79 Å². The minimum atomic E-state index is -0.313. The molecule has 0 aliphatic heterocycles. The first-order valence-corrected chi connectivity index (χ1v) is 15.3. The lowest BCUT2D eigenvalue weighted by Crippen LogP contribution is -2.38. The molecule has 2 aromatic carbocycles. The molecule has 2 rings (SSSR count). The number of nitrogens with one attached hydrogen (secondary N) is 1. The normalized spacial score (nSPS) is 12.4. The number of hydrogen-bond donors (Lipinski definition) is 1. The van der Waals surface area contributed by atoms with E-state index in [1.54, 1.807) is 0 Å². The number of rotatable bonds is 22. The molecule has 1 N–H and O–H groups in total. The summed E-state index contributed by atoms with van der Waals surface area (Å²) >= 11 is 0. The van der Waals surface area contributed by atoms with Crippen molar-refractivity contribution in [3.63, 3.8) is 0 Å². The van der Waals surface area contributed by atoms with Gasteiger partial charge in [0, 0.05) is 24.4 Å². The maximum atomic E-state index is 12.5. The molecule has 0 aliphatic carbocycles. The van der Waals surface area contributed by atoms with Gasteiger partial charge in [0.05, 0.1) is 0 Å². The summed E-state index contributed by atoms with van der Waals surface area (Å²) < 4.78 is 11.9. The summed E-state index contributed by atoms with van der Waals surface area (Å²) in [5.74, 6) is 0.700. The van der Waals surface area contributed by atoms with E-state index in [2.05, 4.69) is 56.4 Å². The van der Waals surface area contributed by atoms with Gasteiger partial charge in [-0.2, -0.15) is 0 Å². The Labute approximate surface area is 232 Å². The average Bonchev–Trinajstić information content (AvgIpc) is 2.92. The van der Waals surface area contributed by atoms with E-state index in [0.717, 1.165) is 29.4 Å². The Bertz CT molecular complexity index is 902. The first-order chi connectivity index (χ1) is 18.6. The lowest BCUT2D eigenvalue weighted by molar-refractivity contribution is -0.150. The summed E-state index contributed by atoms with van der Waals surface area (Å²) in [6.07, 6.45) is 21.1. The zero-order valence-electron chi connectivity index (χ0n) is 24.4. The molecular formula is C34H53NO3. The van der Waals surface area contributed by atoms with Crippen LogP contribution in [0.15, 0.2) is 54.6 Å². The highest BCUT2D eigenvalue weighted by Gasteiger charge is 2.16. The maximum Gasteiger partial charge on any atom is 0.306 e. The number of carbonyl (C=O) groups excluding carboxylic acids is 1. The van der Waals surface area contributed by atoms with Gasteiger partial charge < -0.3 is 14.8 Å². The van der Waals surface area contributed by atoms with Crippen LogP contribution in [0.5, 0.6) is 5.75 Å². The number of unbranched alkanes of at least 4 members (excludes halogenated alkanes) is 11. The van der Waals surface area contributed by atoms with E-state index in [9.17, 15) is 4.79 Å². The molecule has 1 atom stereocenters. The second-order valence-electron chi connectivity index (χ2n) is 10.8. The van der Waals surface area contributed by atoms with Gasteiger partial charge >= 0.3 is 5.97 Å². The van der Waals surface area contributed by atoms with Gasteiger partial charge in [0.25, 0.3) is 0 Å². The van der Waals surface area contributed by atoms with Crippen LogP contribution >= 0.6 is 0 Å². The summed E-state index contributed by atoms with van der Waals surface area (Å²) in [6.45, 7) is 7.38. The molecule has 0 radical (unpaired) electrons. The molecule has 0 amide bonds. The molecule has 0 spiro atoms. The first kappa shape index (κ1) is 31.9. The van der Waals surface area contributed by atoms with Gasteiger partial charge in [0.15, 0.2) is 0 Å². The first-order valence-electron chi connectivity index (χ1n) is 15.3. The lowest BCUT2D eigenvalue weighted by atomic mass is 10.1. The van der Waals surface area contributed by atoms with E-state index >= 15 is 0 Å². The predicted octanol–water partition coefficient (Wildman–Crippen LogP) is 9.17. The van der Waals surface area contributed by atoms with Crippen molar-refractivity contribution in [1.29, 1.82) is 0 Å². The molecule has 0 saturated heterocycles. The number of benzene rings is 2. The third kappa shape index (κ3) is 14.6. The number of carbonyl (C=O) groups is 1. The highest BCUT2D eigenvalue weighted by atomic mass is 16.6. The van der Waals surface area contributed by atoms with E-state index in [-0.39, 0.29) is 12.1 Å². The molecule has 212 valence electrons. The summed E-state index contributed by atoms with van der Waals surface area (Å²) in [5.41, 5.74) is 0. The van der Waals surface area contributed by atoms with Crippen LogP contribution in [0.25, 0.3) is 10.8 Å². The molecule has 0 saturated carbocycles. The van der Waals surface area contributed by atoms with Gasteiger partial charge in [-0.15, -0.1) is 0 Å². The van der Waals surface area contributed by atoms with Gasteiger partial charge in [0.2, 0.25) is 0 Å². The third-order valence-corrected chi connectivity index (χ3v) is 6.87. The maximum absolute atomic E-state index is 12.5. The monoisotopic (exact) mass is 523 g/mol. The van der Waals surface area contributed by atoms with Gasteiger partial charge in [-0.05, 0) is 43.6 Å². The Morgan fingerprint density at radius 3 is 2.16 bits per heavy atom. The molecule has 2 aromatic rings. The number of ether oxygens (including phenoxy) is 2. The zero-order chi connectivity index (χ0) is 27.3. The lowest BCUT2D eigenvalue weighted by Gasteiger charge is -2.21. The van der Waals surface area contributed by atoms with Crippen LogP contribution in [0.4, 0.5) is 0 Å². The van der Waals surface area contributed by atoms with Crippen molar-refractivity contribution in [2.45, 2.75) is 123 Å². The second-order valence-corrected chi connectivity index (χ2v) is 10.8. The largest absolute Gasteiger partial charge is 0.489 e. The van der Waals surface area contributed by atoms with Crippen molar-refractivity contribution in [3.05, 3.63) is 54.6 Å². The highest BCUT2D eigenvalue weighted by molar-refractivity contribution is 5.88. The van der Waals surface area contributed by atoms with Gasteiger partial charge in [-0.25, -0.2) is 0 Å². The van der Waals surface area contributed by atoms with E-state index in [0.29, 0.717) is 25.6 Å². The van der Waals surface area contributed by atoms with Crippen molar-refractivity contribution in [2.24, 2.45) is 0 Å². The molecule has 0 bridgehead atoms. The molecule has 4 heteroatoms. The topological polar surface area (TPSA) is 47.6 Å². The molecular weight excluding hydrogens is 470 g/mol. The fourth-order valence-corrected chi connectivity index (χ4v) is 4.59. The minimum Gasteiger partial charge on any atom is -0.489 e. The summed E-state index contributed by atoms with van der Waals surface area (Å²) in [4.78, 5) is 12.5. The van der Waals surface area contributed by atoms with Crippen molar-refractivity contribution >= 4 is 16.7 Å². The summed E-state index contributed by atoms with van der Waals surface area (Å²) in [7, 11) is 0. The molecule has 38 heavy (non-hydrogen) atoms. The quantitative estimate of drug-likeness (QED) is 0.0949. The fourth-order valence-electron chi connectivity index (χ4n) is 4.59. The SMILES string of the molecule is CCCCCCCC/C=C\CCCCCCCC(=O)OC(CNC(C)C)COc1cccc2ccccc12. The van der Waals surface area contributed by atoms with Crippen LogP contribution in [0.2, 0.25) is 0 Å². The standard InChI is InChI=1S/C34H53NO3/c1-4-5-6-7-8-9-10-11-12-13-14-15-16-17-18-26-34(36)38-31(27-35-29(2)3)28-37-33-25-21-23-30-22-19-20-24-32(30)33/h11-12,19-25,29,31,35H,4-10,13-18,26-28H2,1-3H3/b12-11-. The van der Waals surface area contributed by atoms with Crippen LogP contribution in [0, 0.1) is 0 Å². The Balaban J connectivity index is 1.58. The van der Waals surface area contributed by atoms with Crippen LogP contribution in [-0.4, -0.2) is 31.3 Å². The van der Waals surface area contributed by atoms with Gasteiger partial charge in [-0.1, -0.05) is 121 Å². The number of hydrogen-bond acceptors (Lipinski definition) is 4. The predicted molar refractivity (Wildman–Crippen MR) is 162 cm³/mol. The Morgan fingerprint density at radius 2 is 1.45 bits per heavy atom. The van der Waals surface area contributed by atoms with Crippen molar-refractivity contribution in [1.82, 2.24) is 5.32 Å². The van der Waals surface area contributed by atoms with Crippen molar-refractivity contribution < 1.29 is 14.3 Å². The number of allylic oxidation sites excluding steroid dienone is 2. The smallest absolute Gasteiger partial charge is 0.306 e. The van der Waals surface area contributed by atoms with Crippen LogP contribution < -0.4 is 10.1 Å². The molecule has 0 fully saturated rings. The third-order valence-electron chi connectivity index (χ3n) is 6.87.